The Labute approximate surface area is 205 Å². The van der Waals surface area contributed by atoms with Crippen molar-refractivity contribution >= 4 is 18.2 Å². The molecule has 0 spiro atoms. The molecule has 1 aromatic rings. The molecule has 7 nitrogen and oxygen atoms in total. The molecule has 2 atom stereocenters. The topological polar surface area (TPSA) is 98.7 Å². The number of benzene rings is 1. The van der Waals surface area contributed by atoms with Gasteiger partial charge in [0.25, 0.3) is 0 Å². The maximum atomic E-state index is 13.5. The summed E-state index contributed by atoms with van der Waals surface area (Å²) in [7, 11) is 0. The van der Waals surface area contributed by atoms with Crippen molar-refractivity contribution in [3.63, 3.8) is 0 Å². The van der Waals surface area contributed by atoms with Gasteiger partial charge in [0.1, 0.15) is 6.04 Å². The summed E-state index contributed by atoms with van der Waals surface area (Å²) in [4.78, 5) is 38.0. The van der Waals surface area contributed by atoms with Gasteiger partial charge in [0.05, 0.1) is 12.5 Å². The molecule has 0 aliphatic heterocycles. The smallest absolute Gasteiger partial charge is 0.243 e. The predicted octanol–water partition coefficient (Wildman–Crippen LogP) is 4.34. The van der Waals surface area contributed by atoms with Crippen molar-refractivity contribution in [2.45, 2.75) is 92.7 Å². The third kappa shape index (κ3) is 10.2. The Kier molecular flexibility index (Phi) is 10.8. The molecular weight excluding hydrogens is 430 g/mol. The number of nitrogens with one attached hydrogen (secondary N) is 2. The summed E-state index contributed by atoms with van der Waals surface area (Å²) >= 11 is 0. The van der Waals surface area contributed by atoms with E-state index in [0.717, 1.165) is 24.8 Å². The van der Waals surface area contributed by atoms with Gasteiger partial charge in [0, 0.05) is 5.54 Å². The fourth-order valence-electron chi connectivity index (χ4n) is 4.85. The van der Waals surface area contributed by atoms with Gasteiger partial charge in [-0.3, -0.25) is 19.6 Å². The molecule has 0 saturated heterocycles. The van der Waals surface area contributed by atoms with E-state index < -0.39 is 22.9 Å². The van der Waals surface area contributed by atoms with Crippen LogP contribution in [-0.4, -0.2) is 46.6 Å². The van der Waals surface area contributed by atoms with Crippen molar-refractivity contribution in [2.24, 2.45) is 16.7 Å². The molecule has 1 rings (SSSR count). The lowest BCUT2D eigenvalue weighted by Gasteiger charge is -2.39. The van der Waals surface area contributed by atoms with Gasteiger partial charge in [0.15, 0.2) is 0 Å². The van der Waals surface area contributed by atoms with Crippen LogP contribution in [0.15, 0.2) is 30.3 Å². The largest absolute Gasteiger partial charge is 0.349 e. The molecule has 0 aromatic heterocycles. The van der Waals surface area contributed by atoms with Crippen LogP contribution in [0.25, 0.3) is 0 Å². The van der Waals surface area contributed by atoms with Crippen LogP contribution < -0.4 is 10.6 Å². The maximum Gasteiger partial charge on any atom is 0.243 e. The Hall–Kier alpha value is -2.41. The molecule has 0 fully saturated rings. The molecule has 2 unspecified atom stereocenters. The van der Waals surface area contributed by atoms with Crippen molar-refractivity contribution in [2.75, 3.05) is 6.54 Å². The molecule has 192 valence electrons. The molecule has 0 heterocycles. The van der Waals surface area contributed by atoms with Gasteiger partial charge in [-0.2, -0.15) is 0 Å². The van der Waals surface area contributed by atoms with Crippen molar-refractivity contribution in [3.05, 3.63) is 35.9 Å². The SMILES string of the molecule is CCCC(C)(C)C(NC(=O)C(Cc1ccccc1)CN(O)C=O)C(=O)NC(C)(C)CC(C)(C)C. The highest BCUT2D eigenvalue weighted by atomic mass is 16.5. The van der Waals surface area contributed by atoms with Crippen LogP contribution >= 0.6 is 0 Å². The summed E-state index contributed by atoms with van der Waals surface area (Å²) in [6.45, 7) is 16.2. The number of hydrogen-bond acceptors (Lipinski definition) is 4. The highest BCUT2D eigenvalue weighted by Crippen LogP contribution is 2.30. The van der Waals surface area contributed by atoms with Gasteiger partial charge < -0.3 is 10.6 Å². The van der Waals surface area contributed by atoms with Crippen molar-refractivity contribution in [1.29, 1.82) is 0 Å². The first-order valence-corrected chi connectivity index (χ1v) is 12.2. The average molecular weight is 476 g/mol. The molecule has 1 aromatic carbocycles. The molecule has 0 bridgehead atoms. The van der Waals surface area contributed by atoms with Crippen LogP contribution in [0.3, 0.4) is 0 Å². The summed E-state index contributed by atoms with van der Waals surface area (Å²) < 4.78 is 0. The van der Waals surface area contributed by atoms with Crippen molar-refractivity contribution in [3.8, 4) is 0 Å². The molecule has 7 heteroatoms. The number of nitrogens with zero attached hydrogens (tertiary/aromatic N) is 1. The summed E-state index contributed by atoms with van der Waals surface area (Å²) in [6, 6.07) is 8.65. The number of rotatable bonds is 13. The van der Waals surface area contributed by atoms with E-state index in [2.05, 4.69) is 31.4 Å². The molecule has 0 aliphatic rings. The third-order valence-corrected chi connectivity index (χ3v) is 5.88. The van der Waals surface area contributed by atoms with E-state index in [0.29, 0.717) is 11.5 Å². The molecule has 0 aliphatic carbocycles. The summed E-state index contributed by atoms with van der Waals surface area (Å²) in [5.74, 6) is -1.31. The second-order valence-electron chi connectivity index (χ2n) is 11.9. The lowest BCUT2D eigenvalue weighted by molar-refractivity contribution is -0.155. The summed E-state index contributed by atoms with van der Waals surface area (Å²) in [5.41, 5.74) is -0.0206. The zero-order valence-electron chi connectivity index (χ0n) is 22.3. The summed E-state index contributed by atoms with van der Waals surface area (Å²) in [6.07, 6.45) is 2.99. The van der Waals surface area contributed by atoms with Gasteiger partial charge in [-0.25, -0.2) is 5.06 Å². The monoisotopic (exact) mass is 475 g/mol. The number of hydroxylamine groups is 2. The lowest BCUT2D eigenvalue weighted by atomic mass is 9.78. The highest BCUT2D eigenvalue weighted by Gasteiger charge is 2.39. The Morgan fingerprint density at radius 3 is 2.12 bits per heavy atom. The van der Waals surface area contributed by atoms with Gasteiger partial charge >= 0.3 is 0 Å². The molecule has 0 radical (unpaired) electrons. The zero-order valence-corrected chi connectivity index (χ0v) is 22.3. The van der Waals surface area contributed by atoms with Crippen LogP contribution in [0, 0.1) is 16.7 Å². The Balaban J connectivity index is 3.18. The quantitative estimate of drug-likeness (QED) is 0.225. The minimum absolute atomic E-state index is 0.0225. The van der Waals surface area contributed by atoms with E-state index in [1.54, 1.807) is 0 Å². The van der Waals surface area contributed by atoms with Gasteiger partial charge in [-0.1, -0.05) is 78.3 Å². The number of hydrogen-bond donors (Lipinski definition) is 3. The second-order valence-corrected chi connectivity index (χ2v) is 11.9. The first-order chi connectivity index (χ1) is 15.6. The van der Waals surface area contributed by atoms with E-state index in [4.69, 9.17) is 0 Å². The van der Waals surface area contributed by atoms with E-state index in [-0.39, 0.29) is 30.2 Å². The Bertz CT molecular complexity index is 800. The second kappa shape index (κ2) is 12.3. The minimum Gasteiger partial charge on any atom is -0.349 e. The van der Waals surface area contributed by atoms with E-state index in [1.807, 2.05) is 65.0 Å². The van der Waals surface area contributed by atoms with E-state index in [1.165, 1.54) is 0 Å². The number of carbonyl (C=O) groups is 3. The first kappa shape index (κ1) is 29.6. The maximum absolute atomic E-state index is 13.5. The standard InChI is InChI=1S/C27H45N3O4/c1-9-15-26(5,6)22(24(33)29-27(7,8)18-25(2,3)4)28-23(32)21(17-30(34)19-31)16-20-13-11-10-12-14-20/h10-14,19,21-22,34H,9,15-18H2,1-8H3,(H,28,32)(H,29,33). The van der Waals surface area contributed by atoms with Gasteiger partial charge in [-0.05, 0) is 49.5 Å². The van der Waals surface area contributed by atoms with E-state index in [9.17, 15) is 19.6 Å². The summed E-state index contributed by atoms with van der Waals surface area (Å²) in [5, 5.41) is 16.4. The zero-order chi connectivity index (χ0) is 26.2. The lowest BCUT2D eigenvalue weighted by Crippen LogP contribution is -2.60. The number of carbonyl (C=O) groups excluding carboxylic acids is 3. The first-order valence-electron chi connectivity index (χ1n) is 12.2. The highest BCUT2D eigenvalue weighted by molar-refractivity contribution is 5.89. The van der Waals surface area contributed by atoms with Gasteiger partial charge in [0.2, 0.25) is 18.2 Å². The fraction of sp³-hybridized carbons (Fsp3) is 0.667. The Morgan fingerprint density at radius 1 is 1.03 bits per heavy atom. The predicted molar refractivity (Wildman–Crippen MR) is 135 cm³/mol. The fourth-order valence-corrected chi connectivity index (χ4v) is 4.85. The van der Waals surface area contributed by atoms with Gasteiger partial charge in [-0.15, -0.1) is 0 Å². The van der Waals surface area contributed by atoms with Crippen LogP contribution in [0.4, 0.5) is 0 Å². The average Bonchev–Trinajstić information content (AvgIpc) is 2.69. The van der Waals surface area contributed by atoms with Crippen LogP contribution in [-0.2, 0) is 20.8 Å². The normalized spacial score (nSPS) is 14.1. The van der Waals surface area contributed by atoms with Crippen LogP contribution in [0.1, 0.15) is 80.2 Å². The third-order valence-electron chi connectivity index (χ3n) is 5.88. The van der Waals surface area contributed by atoms with Crippen LogP contribution in [0.5, 0.6) is 0 Å². The molecule has 3 amide bonds. The number of amides is 3. The Morgan fingerprint density at radius 2 is 1.62 bits per heavy atom. The van der Waals surface area contributed by atoms with Crippen molar-refractivity contribution < 1.29 is 19.6 Å². The molecule has 3 N–H and O–H groups in total. The molecule has 34 heavy (non-hydrogen) atoms. The van der Waals surface area contributed by atoms with E-state index >= 15 is 0 Å². The molecular formula is C27H45N3O4. The molecule has 0 saturated carbocycles. The van der Waals surface area contributed by atoms with Crippen LogP contribution in [0.2, 0.25) is 0 Å². The van der Waals surface area contributed by atoms with Crippen molar-refractivity contribution in [1.82, 2.24) is 15.7 Å². The minimum atomic E-state index is -0.763.